The molecule has 0 fully saturated rings. The predicted octanol–water partition coefficient (Wildman–Crippen LogP) is 8.45. The summed E-state index contributed by atoms with van der Waals surface area (Å²) >= 11 is 0. The molecule has 0 radical (unpaired) electrons. The lowest BCUT2D eigenvalue weighted by atomic mass is 9.69. The monoisotopic (exact) mass is 607 g/mol. The molecule has 0 aliphatic carbocycles. The van der Waals surface area contributed by atoms with Crippen LogP contribution in [0.4, 0.5) is 26.3 Å². The summed E-state index contributed by atoms with van der Waals surface area (Å²) in [4.78, 5) is 16.2. The Balaban J connectivity index is 1.99. The molecule has 0 bridgehead atoms. The summed E-state index contributed by atoms with van der Waals surface area (Å²) < 4.78 is 83.8. The van der Waals surface area contributed by atoms with E-state index in [1.807, 2.05) is 39.0 Å². The van der Waals surface area contributed by atoms with Crippen LogP contribution in [-0.2, 0) is 21.4 Å². The molecule has 0 aliphatic rings. The highest BCUT2D eigenvalue weighted by molar-refractivity contribution is 5.74. The molecule has 0 amide bonds. The minimum absolute atomic E-state index is 0.108. The molecule has 0 saturated heterocycles. The second kappa shape index (κ2) is 12.9. The Morgan fingerprint density at radius 2 is 1.44 bits per heavy atom. The fourth-order valence-electron chi connectivity index (χ4n) is 5.35. The number of carbonyl (C=O) groups is 1. The first-order valence-electron chi connectivity index (χ1n) is 13.9. The van der Waals surface area contributed by atoms with Gasteiger partial charge in [-0.05, 0) is 84.7 Å². The average Bonchev–Trinajstić information content (AvgIpc) is 2.92. The maximum atomic E-state index is 13.1. The van der Waals surface area contributed by atoms with Crippen molar-refractivity contribution in [2.24, 2.45) is 0 Å². The van der Waals surface area contributed by atoms with Crippen molar-refractivity contribution in [3.8, 4) is 11.1 Å². The van der Waals surface area contributed by atoms with Gasteiger partial charge in [-0.25, -0.2) is 0 Å². The van der Waals surface area contributed by atoms with E-state index in [0.717, 1.165) is 33.4 Å². The van der Waals surface area contributed by atoms with Crippen LogP contribution in [0.25, 0.3) is 17.2 Å². The van der Waals surface area contributed by atoms with E-state index < -0.39 is 23.4 Å². The number of alkyl halides is 6. The lowest BCUT2D eigenvalue weighted by Gasteiger charge is -2.34. The number of carbonyl (C=O) groups excluding carboxylic acids is 1. The van der Waals surface area contributed by atoms with Gasteiger partial charge in [0.2, 0.25) is 0 Å². The van der Waals surface area contributed by atoms with Gasteiger partial charge >= 0.3 is 18.3 Å². The van der Waals surface area contributed by atoms with E-state index in [0.29, 0.717) is 31.1 Å². The van der Waals surface area contributed by atoms with E-state index in [9.17, 15) is 36.2 Å². The Morgan fingerprint density at radius 3 is 1.95 bits per heavy atom. The molecule has 0 saturated carbocycles. The molecule has 0 aliphatic heterocycles. The van der Waals surface area contributed by atoms with Crippen LogP contribution in [0.2, 0.25) is 0 Å². The van der Waals surface area contributed by atoms with Crippen LogP contribution in [0.3, 0.4) is 0 Å². The minimum atomic E-state index is -5.93. The third kappa shape index (κ3) is 6.95. The maximum Gasteiger partial charge on any atom is 0.430 e. The molecule has 0 spiro atoms. The van der Waals surface area contributed by atoms with Crippen molar-refractivity contribution >= 4 is 12.0 Å². The zero-order chi connectivity index (χ0) is 32.2. The number of hydrogen-bond acceptors (Lipinski definition) is 4. The number of pyridine rings is 1. The topological polar surface area (TPSA) is 59.4 Å². The maximum absolute atomic E-state index is 13.1. The highest BCUT2D eigenvalue weighted by Gasteiger charge is 2.68. The molecule has 1 N–H and O–H groups in total. The van der Waals surface area contributed by atoms with Crippen LogP contribution < -0.4 is 0 Å². The number of nitrogens with zero attached hydrogens (tertiary/aromatic N) is 1. The first-order chi connectivity index (χ1) is 20.0. The number of benzene rings is 2. The van der Waals surface area contributed by atoms with Crippen LogP contribution in [-0.4, -0.2) is 40.6 Å². The lowest BCUT2D eigenvalue weighted by Crippen LogP contribution is -2.55. The van der Waals surface area contributed by atoms with Crippen LogP contribution in [0.5, 0.6) is 0 Å². The number of ether oxygens (including phenoxy) is 1. The molecule has 43 heavy (non-hydrogen) atoms. The molecule has 3 rings (SSSR count). The van der Waals surface area contributed by atoms with E-state index in [4.69, 9.17) is 4.74 Å². The molecule has 1 aromatic heterocycles. The largest absolute Gasteiger partial charge is 0.466 e. The Hall–Kier alpha value is -3.66. The molecule has 10 heteroatoms. The van der Waals surface area contributed by atoms with E-state index in [2.05, 4.69) is 11.1 Å². The second-order valence-electron chi connectivity index (χ2n) is 10.5. The van der Waals surface area contributed by atoms with Gasteiger partial charge < -0.3 is 9.84 Å². The number of halogens is 6. The minimum Gasteiger partial charge on any atom is -0.466 e. The van der Waals surface area contributed by atoms with Gasteiger partial charge in [0.25, 0.3) is 5.60 Å². The molecule has 232 valence electrons. The standard InChI is InChI=1S/C33H35F6NO3/c1-6-30(7-2,26-10-9-24(21(4)15-26)13-14-31(42,32(34,35)36)33(37,38)39)27-11-12-28(22(5)16-27)25-17-23(19-40-20-25)18-29(41)43-8-3/h9-17,19-20,42H,6-8,18H2,1-5H3/b14-13+. The van der Waals surface area contributed by atoms with Crippen molar-refractivity contribution < 1.29 is 41.0 Å². The highest BCUT2D eigenvalue weighted by Crippen LogP contribution is 2.45. The number of esters is 1. The smallest absolute Gasteiger partial charge is 0.430 e. The van der Waals surface area contributed by atoms with Crippen LogP contribution >= 0.6 is 0 Å². The van der Waals surface area contributed by atoms with E-state index in [1.54, 1.807) is 38.4 Å². The van der Waals surface area contributed by atoms with E-state index in [-0.39, 0.29) is 24.0 Å². The molecular formula is C33H35F6NO3. The molecular weight excluding hydrogens is 572 g/mol. The zero-order valence-corrected chi connectivity index (χ0v) is 24.7. The SMILES string of the molecule is CCOC(=O)Cc1cncc(-c2ccc(C(CC)(CC)c3ccc(/C=C/C(O)(C(F)(F)F)C(F)(F)F)c(C)c3)cc2C)c1. The number of hydrogen-bond donors (Lipinski definition) is 1. The van der Waals surface area contributed by atoms with E-state index >= 15 is 0 Å². The summed E-state index contributed by atoms with van der Waals surface area (Å²) in [6.45, 7) is 9.64. The molecule has 1 heterocycles. The Bertz CT molecular complexity index is 1460. The molecule has 3 aromatic rings. The Morgan fingerprint density at radius 1 is 0.860 bits per heavy atom. The number of rotatable bonds is 10. The molecule has 0 atom stereocenters. The summed E-state index contributed by atoms with van der Waals surface area (Å²) in [5.41, 5.74) is 0.463. The van der Waals surface area contributed by atoms with Crippen molar-refractivity contribution in [1.82, 2.24) is 4.98 Å². The van der Waals surface area contributed by atoms with E-state index in [1.165, 1.54) is 6.07 Å². The van der Waals surface area contributed by atoms with Gasteiger partial charge in [-0.2, -0.15) is 26.3 Å². The fourth-order valence-corrected chi connectivity index (χ4v) is 5.35. The van der Waals surface area contributed by atoms with Gasteiger partial charge in [0.05, 0.1) is 13.0 Å². The lowest BCUT2D eigenvalue weighted by molar-refractivity contribution is -0.347. The van der Waals surface area contributed by atoms with Gasteiger partial charge in [-0.15, -0.1) is 0 Å². The highest BCUT2D eigenvalue weighted by atomic mass is 19.4. The Kier molecular flexibility index (Phi) is 10.2. The summed E-state index contributed by atoms with van der Waals surface area (Å²) in [6, 6.07) is 12.9. The number of aromatic nitrogens is 1. The second-order valence-corrected chi connectivity index (χ2v) is 10.5. The molecule has 2 aromatic carbocycles. The van der Waals surface area contributed by atoms with Gasteiger partial charge in [0.15, 0.2) is 0 Å². The molecule has 4 nitrogen and oxygen atoms in total. The third-order valence-corrected chi connectivity index (χ3v) is 7.94. The summed E-state index contributed by atoms with van der Waals surface area (Å²) in [6.07, 6.45) is -6.66. The van der Waals surface area contributed by atoms with Crippen molar-refractivity contribution in [2.45, 2.75) is 77.2 Å². The first-order valence-corrected chi connectivity index (χ1v) is 13.9. The van der Waals surface area contributed by atoms with Gasteiger partial charge in [0.1, 0.15) is 0 Å². The zero-order valence-electron chi connectivity index (χ0n) is 24.7. The van der Waals surface area contributed by atoms with Crippen LogP contribution in [0.15, 0.2) is 60.9 Å². The van der Waals surface area contributed by atoms with Crippen molar-refractivity contribution in [3.05, 3.63) is 94.3 Å². The van der Waals surface area contributed by atoms with Crippen molar-refractivity contribution in [3.63, 3.8) is 0 Å². The fraction of sp³-hybridized carbons (Fsp3) is 0.394. The van der Waals surface area contributed by atoms with Crippen LogP contribution in [0.1, 0.15) is 67.0 Å². The predicted molar refractivity (Wildman–Crippen MR) is 153 cm³/mol. The van der Waals surface area contributed by atoms with Crippen molar-refractivity contribution in [1.29, 1.82) is 0 Å². The van der Waals surface area contributed by atoms with Crippen LogP contribution in [0, 0.1) is 13.8 Å². The summed E-state index contributed by atoms with van der Waals surface area (Å²) in [5.74, 6) is -0.336. The van der Waals surface area contributed by atoms with Gasteiger partial charge in [-0.1, -0.05) is 56.3 Å². The molecule has 0 unspecified atom stereocenters. The Labute approximate surface area is 247 Å². The number of aryl methyl sites for hydroxylation is 2. The van der Waals surface area contributed by atoms with Gasteiger partial charge in [-0.3, -0.25) is 9.78 Å². The average molecular weight is 608 g/mol. The normalized spacial score (nSPS) is 13.0. The first kappa shape index (κ1) is 33.8. The van der Waals surface area contributed by atoms with Gasteiger partial charge in [0, 0.05) is 23.4 Å². The van der Waals surface area contributed by atoms with Crippen molar-refractivity contribution in [2.75, 3.05) is 6.61 Å². The number of aliphatic hydroxyl groups is 1. The summed E-state index contributed by atoms with van der Waals surface area (Å²) in [5, 5.41) is 9.49. The quantitative estimate of drug-likeness (QED) is 0.186. The summed E-state index contributed by atoms with van der Waals surface area (Å²) in [7, 11) is 0. The third-order valence-electron chi connectivity index (χ3n) is 7.94.